The molecule has 1 aromatic heterocycles. The second-order valence-corrected chi connectivity index (χ2v) is 5.67. The summed E-state index contributed by atoms with van der Waals surface area (Å²) < 4.78 is 19.7. The third-order valence-corrected chi connectivity index (χ3v) is 3.54. The molecule has 1 aliphatic carbocycles. The predicted octanol–water partition coefficient (Wildman–Crippen LogP) is 3.85. The number of aliphatic imine (C=N–C) groups is 1. The lowest BCUT2D eigenvalue weighted by Gasteiger charge is -2.10. The Morgan fingerprint density at radius 1 is 1.36 bits per heavy atom. The second-order valence-electron chi connectivity index (χ2n) is 5.67. The van der Waals surface area contributed by atoms with Gasteiger partial charge in [0.2, 0.25) is 0 Å². The molecular weight excluding hydrogens is 434 g/mol. The summed E-state index contributed by atoms with van der Waals surface area (Å²) in [6.45, 7) is 3.23. The van der Waals surface area contributed by atoms with Crippen LogP contribution in [0.4, 0.5) is 4.39 Å². The normalized spacial score (nSPS) is 13.8. The lowest BCUT2D eigenvalue weighted by molar-refractivity contribution is 0.440. The Kier molecular flexibility index (Phi) is 7.42. The minimum absolute atomic E-state index is 0. The number of halogens is 2. The van der Waals surface area contributed by atoms with Crippen LogP contribution in [-0.2, 0) is 6.54 Å². The van der Waals surface area contributed by atoms with Gasteiger partial charge in [-0.25, -0.2) is 9.38 Å². The molecule has 2 N–H and O–H groups in total. The number of rotatable bonds is 6. The summed E-state index contributed by atoms with van der Waals surface area (Å²) in [4.78, 5) is 8.44. The van der Waals surface area contributed by atoms with Gasteiger partial charge in [-0.3, -0.25) is 4.98 Å². The van der Waals surface area contributed by atoms with E-state index in [0.29, 0.717) is 18.3 Å². The maximum atomic E-state index is 14.2. The number of pyridine rings is 1. The Morgan fingerprint density at radius 3 is 2.84 bits per heavy atom. The van der Waals surface area contributed by atoms with Gasteiger partial charge in [-0.2, -0.15) is 0 Å². The molecule has 134 valence electrons. The topological polar surface area (TPSA) is 58.5 Å². The highest BCUT2D eigenvalue weighted by Crippen LogP contribution is 2.24. The van der Waals surface area contributed by atoms with Crippen molar-refractivity contribution in [3.63, 3.8) is 0 Å². The van der Waals surface area contributed by atoms with E-state index in [4.69, 9.17) is 4.74 Å². The average molecular weight is 456 g/mol. The van der Waals surface area contributed by atoms with Gasteiger partial charge in [0, 0.05) is 18.8 Å². The Labute approximate surface area is 164 Å². The molecule has 1 aromatic carbocycles. The molecule has 0 amide bonds. The van der Waals surface area contributed by atoms with Gasteiger partial charge in [0.15, 0.2) is 17.5 Å². The minimum Gasteiger partial charge on any atom is -0.453 e. The van der Waals surface area contributed by atoms with Crippen LogP contribution in [0.25, 0.3) is 0 Å². The van der Waals surface area contributed by atoms with Gasteiger partial charge in [0.1, 0.15) is 5.75 Å². The van der Waals surface area contributed by atoms with E-state index in [-0.39, 0.29) is 29.7 Å². The zero-order valence-corrected chi connectivity index (χ0v) is 16.4. The monoisotopic (exact) mass is 456 g/mol. The van der Waals surface area contributed by atoms with Gasteiger partial charge in [-0.15, -0.1) is 24.0 Å². The quantitative estimate of drug-likeness (QED) is 0.394. The number of guanidine groups is 1. The molecule has 1 heterocycles. The number of nitrogens with one attached hydrogen (secondary N) is 2. The standard InChI is InChI=1S/C18H21FN4O.HI/c1-2-21-18(23-14-6-7-14)22-11-13-5-8-17(16(19)10-13)24-15-4-3-9-20-12-15;/h3-5,8-10,12,14H,2,6-7,11H2,1H3,(H2,21,22,23);1H. The van der Waals surface area contributed by atoms with Crippen LogP contribution < -0.4 is 15.4 Å². The van der Waals surface area contributed by atoms with E-state index in [1.54, 1.807) is 30.6 Å². The van der Waals surface area contributed by atoms with Crippen LogP contribution in [0.1, 0.15) is 25.3 Å². The molecule has 0 saturated heterocycles. The fraction of sp³-hybridized carbons (Fsp3) is 0.333. The molecule has 1 saturated carbocycles. The summed E-state index contributed by atoms with van der Waals surface area (Å²) in [5.41, 5.74) is 0.791. The molecule has 0 radical (unpaired) electrons. The van der Waals surface area contributed by atoms with Crippen LogP contribution in [0.2, 0.25) is 0 Å². The van der Waals surface area contributed by atoms with E-state index >= 15 is 0 Å². The van der Waals surface area contributed by atoms with Crippen LogP contribution in [-0.4, -0.2) is 23.5 Å². The molecule has 0 aliphatic heterocycles. The van der Waals surface area contributed by atoms with E-state index in [9.17, 15) is 4.39 Å². The van der Waals surface area contributed by atoms with Gasteiger partial charge in [-0.1, -0.05) is 6.07 Å². The lowest BCUT2D eigenvalue weighted by atomic mass is 10.2. The fourth-order valence-electron chi connectivity index (χ4n) is 2.17. The molecule has 0 unspecified atom stereocenters. The molecule has 0 spiro atoms. The van der Waals surface area contributed by atoms with Gasteiger partial charge in [0.05, 0.1) is 12.7 Å². The molecule has 7 heteroatoms. The van der Waals surface area contributed by atoms with E-state index in [2.05, 4.69) is 20.6 Å². The largest absolute Gasteiger partial charge is 0.453 e. The van der Waals surface area contributed by atoms with Gasteiger partial charge in [0.25, 0.3) is 0 Å². The Balaban J connectivity index is 0.00000225. The van der Waals surface area contributed by atoms with Crippen LogP contribution in [0.5, 0.6) is 11.5 Å². The van der Waals surface area contributed by atoms with Crippen molar-refractivity contribution in [3.05, 3.63) is 54.1 Å². The van der Waals surface area contributed by atoms with E-state index < -0.39 is 5.82 Å². The summed E-state index contributed by atoms with van der Waals surface area (Å²) in [7, 11) is 0. The maximum Gasteiger partial charge on any atom is 0.191 e. The van der Waals surface area contributed by atoms with Gasteiger partial charge < -0.3 is 15.4 Å². The van der Waals surface area contributed by atoms with Gasteiger partial charge >= 0.3 is 0 Å². The first-order chi connectivity index (χ1) is 11.7. The smallest absolute Gasteiger partial charge is 0.191 e. The van der Waals surface area contributed by atoms with Crippen molar-refractivity contribution < 1.29 is 9.13 Å². The summed E-state index contributed by atoms with van der Waals surface area (Å²) >= 11 is 0. The molecule has 1 fully saturated rings. The highest BCUT2D eigenvalue weighted by molar-refractivity contribution is 14.0. The first kappa shape index (κ1) is 19.4. The number of hydrogen-bond donors (Lipinski definition) is 2. The van der Waals surface area contributed by atoms with Crippen LogP contribution in [0.15, 0.2) is 47.7 Å². The summed E-state index contributed by atoms with van der Waals surface area (Å²) in [5, 5.41) is 6.53. The first-order valence-corrected chi connectivity index (χ1v) is 8.15. The number of nitrogens with zero attached hydrogens (tertiary/aromatic N) is 2. The first-order valence-electron chi connectivity index (χ1n) is 8.15. The summed E-state index contributed by atoms with van der Waals surface area (Å²) in [6, 6.07) is 8.89. The molecular formula is C18H22FIN4O. The Hall–Kier alpha value is -1.90. The molecule has 2 aromatic rings. The molecule has 3 rings (SSSR count). The van der Waals surface area contributed by atoms with Crippen LogP contribution in [0.3, 0.4) is 0 Å². The van der Waals surface area contributed by atoms with Crippen LogP contribution >= 0.6 is 24.0 Å². The van der Waals surface area contributed by atoms with Crippen molar-refractivity contribution in [2.45, 2.75) is 32.4 Å². The van der Waals surface area contributed by atoms with Crippen molar-refractivity contribution in [1.82, 2.24) is 15.6 Å². The Bertz CT molecular complexity index is 707. The van der Waals surface area contributed by atoms with Crippen molar-refractivity contribution in [3.8, 4) is 11.5 Å². The Morgan fingerprint density at radius 2 is 2.20 bits per heavy atom. The average Bonchev–Trinajstić information content (AvgIpc) is 3.40. The van der Waals surface area contributed by atoms with E-state index in [1.807, 2.05) is 13.0 Å². The third-order valence-electron chi connectivity index (χ3n) is 3.54. The molecule has 0 atom stereocenters. The molecule has 25 heavy (non-hydrogen) atoms. The molecule has 5 nitrogen and oxygen atoms in total. The number of benzene rings is 1. The predicted molar refractivity (Wildman–Crippen MR) is 107 cm³/mol. The van der Waals surface area contributed by atoms with Crippen LogP contribution in [0, 0.1) is 5.82 Å². The van der Waals surface area contributed by atoms with Crippen molar-refractivity contribution in [1.29, 1.82) is 0 Å². The van der Waals surface area contributed by atoms with E-state index in [0.717, 1.165) is 18.1 Å². The van der Waals surface area contributed by atoms with Crippen molar-refractivity contribution in [2.75, 3.05) is 6.54 Å². The minimum atomic E-state index is -0.410. The number of hydrogen-bond acceptors (Lipinski definition) is 3. The number of ether oxygens (including phenoxy) is 1. The lowest BCUT2D eigenvalue weighted by Crippen LogP contribution is -2.38. The zero-order chi connectivity index (χ0) is 16.8. The zero-order valence-electron chi connectivity index (χ0n) is 14.0. The maximum absolute atomic E-state index is 14.2. The summed E-state index contributed by atoms with van der Waals surface area (Å²) in [5.74, 6) is 1.05. The number of aromatic nitrogens is 1. The third kappa shape index (κ3) is 6.15. The van der Waals surface area contributed by atoms with Crippen molar-refractivity contribution >= 4 is 29.9 Å². The van der Waals surface area contributed by atoms with Gasteiger partial charge in [-0.05, 0) is 49.6 Å². The highest BCUT2D eigenvalue weighted by atomic mass is 127. The fourth-order valence-corrected chi connectivity index (χ4v) is 2.17. The molecule has 0 bridgehead atoms. The second kappa shape index (κ2) is 9.55. The van der Waals surface area contributed by atoms with E-state index in [1.165, 1.54) is 18.9 Å². The SMILES string of the molecule is CCNC(=NCc1ccc(Oc2cccnc2)c(F)c1)NC1CC1.I. The summed E-state index contributed by atoms with van der Waals surface area (Å²) in [6.07, 6.45) is 5.55. The highest BCUT2D eigenvalue weighted by Gasteiger charge is 2.22. The van der Waals surface area contributed by atoms with Crippen molar-refractivity contribution in [2.24, 2.45) is 4.99 Å². The molecule has 1 aliphatic rings.